The standard InChI is InChI=1S/C36H27N5/c1-5-13-26(14-6-1)37-29-21-22-31-35(23-29)41(30-19-11-4-12-20-30)36-25-33(39-28-17-9-3-10-18-28)32(24-34(36)40-31)38-27-15-7-2-8-16-27/h1-25H,(H2,37,38,39,40)/p+1. The summed E-state index contributed by atoms with van der Waals surface area (Å²) in [6, 6.07) is 51.8. The maximum Gasteiger partial charge on any atom is 0.239 e. The van der Waals surface area contributed by atoms with Crippen LogP contribution >= 0.6 is 0 Å². The van der Waals surface area contributed by atoms with Gasteiger partial charge in [0.1, 0.15) is 11.0 Å². The maximum absolute atomic E-state index is 5.15. The van der Waals surface area contributed by atoms with Crippen LogP contribution in [0.2, 0.25) is 0 Å². The molecule has 5 heteroatoms. The molecule has 0 fully saturated rings. The molecule has 0 radical (unpaired) electrons. The van der Waals surface area contributed by atoms with E-state index in [1.807, 2.05) is 60.7 Å². The monoisotopic (exact) mass is 530 g/mol. The zero-order valence-corrected chi connectivity index (χ0v) is 22.3. The molecule has 0 atom stereocenters. The lowest BCUT2D eigenvalue weighted by Crippen LogP contribution is -2.33. The molecule has 7 aromatic rings. The number of nitrogens with one attached hydrogen (secondary N) is 3. The van der Waals surface area contributed by atoms with E-state index in [-0.39, 0.29) is 0 Å². The Labute approximate surface area is 238 Å². The number of anilines is 6. The SMILES string of the molecule is c1ccc(Nc2ccc3nc4cc(Nc5ccccc5)c(Nc5ccccc5)cc4[n+](-c4ccccc4)c3c2)cc1. The summed E-state index contributed by atoms with van der Waals surface area (Å²) >= 11 is 0. The Bertz CT molecular complexity index is 1940. The predicted octanol–water partition coefficient (Wildman–Crippen LogP) is 8.90. The van der Waals surface area contributed by atoms with E-state index in [0.717, 1.165) is 61.9 Å². The lowest BCUT2D eigenvalue weighted by atomic mass is 10.1. The highest BCUT2D eigenvalue weighted by molar-refractivity contribution is 5.93. The van der Waals surface area contributed by atoms with Crippen LogP contribution in [0.4, 0.5) is 34.1 Å². The second-order valence-corrected chi connectivity index (χ2v) is 9.85. The minimum absolute atomic E-state index is 0.891. The van der Waals surface area contributed by atoms with Gasteiger partial charge in [-0.3, -0.25) is 0 Å². The van der Waals surface area contributed by atoms with E-state index in [1.54, 1.807) is 0 Å². The molecule has 6 aromatic carbocycles. The number of hydrogen-bond donors (Lipinski definition) is 3. The van der Waals surface area contributed by atoms with Crippen LogP contribution < -0.4 is 20.5 Å². The number of hydrogen-bond acceptors (Lipinski definition) is 4. The average molecular weight is 531 g/mol. The molecule has 196 valence electrons. The third-order valence-corrected chi connectivity index (χ3v) is 7.00. The molecule has 1 aromatic heterocycles. The van der Waals surface area contributed by atoms with Crippen LogP contribution in [-0.4, -0.2) is 4.98 Å². The Morgan fingerprint density at radius 3 is 1.46 bits per heavy atom. The van der Waals surface area contributed by atoms with E-state index in [2.05, 4.69) is 112 Å². The molecule has 0 saturated heterocycles. The second-order valence-electron chi connectivity index (χ2n) is 9.85. The van der Waals surface area contributed by atoms with Gasteiger partial charge in [0.05, 0.1) is 11.4 Å². The first-order chi connectivity index (χ1) is 20.3. The highest BCUT2D eigenvalue weighted by atomic mass is 15.0. The Hall–Kier alpha value is -5.68. The number of fused-ring (bicyclic) bond motifs is 2. The van der Waals surface area contributed by atoms with Gasteiger partial charge in [-0.15, -0.1) is 4.57 Å². The molecule has 5 nitrogen and oxygen atoms in total. The third-order valence-electron chi connectivity index (χ3n) is 7.00. The first-order valence-corrected chi connectivity index (χ1v) is 13.7. The Morgan fingerprint density at radius 2 is 0.878 bits per heavy atom. The highest BCUT2D eigenvalue weighted by Crippen LogP contribution is 2.33. The Morgan fingerprint density at radius 1 is 0.390 bits per heavy atom. The number of aromatic nitrogens is 2. The van der Waals surface area contributed by atoms with E-state index < -0.39 is 0 Å². The van der Waals surface area contributed by atoms with Crippen LogP contribution in [0, 0.1) is 0 Å². The van der Waals surface area contributed by atoms with E-state index >= 15 is 0 Å². The molecule has 0 spiro atoms. The molecule has 1 heterocycles. The summed E-state index contributed by atoms with van der Waals surface area (Å²) in [5, 5.41) is 10.8. The van der Waals surface area contributed by atoms with Crippen LogP contribution in [0.3, 0.4) is 0 Å². The van der Waals surface area contributed by atoms with Crippen molar-refractivity contribution < 1.29 is 4.57 Å². The fourth-order valence-electron chi connectivity index (χ4n) is 5.08. The largest absolute Gasteiger partial charge is 0.355 e. The summed E-state index contributed by atoms with van der Waals surface area (Å²) in [4.78, 5) is 5.15. The van der Waals surface area contributed by atoms with Gasteiger partial charge in [0.2, 0.25) is 16.7 Å². The van der Waals surface area contributed by atoms with Crippen LogP contribution in [-0.2, 0) is 0 Å². The average Bonchev–Trinajstić information content (AvgIpc) is 3.02. The fourth-order valence-corrected chi connectivity index (χ4v) is 5.08. The molecule has 0 aliphatic rings. The first-order valence-electron chi connectivity index (χ1n) is 13.7. The minimum atomic E-state index is 0.891. The molecule has 41 heavy (non-hydrogen) atoms. The van der Waals surface area contributed by atoms with Crippen molar-refractivity contribution in [2.75, 3.05) is 16.0 Å². The minimum Gasteiger partial charge on any atom is -0.355 e. The van der Waals surface area contributed by atoms with E-state index in [0.29, 0.717) is 0 Å². The summed E-state index contributed by atoms with van der Waals surface area (Å²) in [6.45, 7) is 0. The van der Waals surface area contributed by atoms with Gasteiger partial charge in [-0.1, -0.05) is 72.8 Å². The van der Waals surface area contributed by atoms with Gasteiger partial charge in [0, 0.05) is 47.0 Å². The smallest absolute Gasteiger partial charge is 0.239 e. The molecular formula is C36H28N5+. The molecule has 3 N–H and O–H groups in total. The molecule has 0 unspecified atom stereocenters. The van der Waals surface area contributed by atoms with Crippen molar-refractivity contribution in [1.29, 1.82) is 0 Å². The van der Waals surface area contributed by atoms with E-state index in [4.69, 9.17) is 4.98 Å². The molecule has 0 bridgehead atoms. The van der Waals surface area contributed by atoms with Gasteiger partial charge in [0.25, 0.3) is 0 Å². The van der Waals surface area contributed by atoms with Crippen molar-refractivity contribution in [1.82, 2.24) is 4.98 Å². The summed E-state index contributed by atoms with van der Waals surface area (Å²) in [6.07, 6.45) is 0. The number of rotatable bonds is 7. The zero-order valence-electron chi connectivity index (χ0n) is 22.3. The van der Waals surface area contributed by atoms with Gasteiger partial charge >= 0.3 is 0 Å². The summed E-state index contributed by atoms with van der Waals surface area (Å²) < 4.78 is 2.29. The molecule has 0 aliphatic heterocycles. The maximum atomic E-state index is 5.15. The number of benzene rings is 6. The fraction of sp³-hybridized carbons (Fsp3) is 0. The van der Waals surface area contributed by atoms with Gasteiger partial charge in [-0.2, -0.15) is 0 Å². The summed E-state index contributed by atoms with van der Waals surface area (Å²) in [5.74, 6) is 0. The number of para-hydroxylation sites is 4. The third kappa shape index (κ3) is 5.16. The topological polar surface area (TPSA) is 52.9 Å². The molecule has 0 aliphatic carbocycles. The van der Waals surface area contributed by atoms with Gasteiger partial charge in [-0.05, 0) is 54.6 Å². The Balaban J connectivity index is 1.45. The summed E-state index contributed by atoms with van der Waals surface area (Å²) in [7, 11) is 0. The van der Waals surface area contributed by atoms with Crippen molar-refractivity contribution >= 4 is 56.2 Å². The van der Waals surface area contributed by atoms with Crippen molar-refractivity contribution in [3.8, 4) is 5.69 Å². The summed E-state index contributed by atoms with van der Waals surface area (Å²) in [5.41, 5.74) is 10.8. The molecule has 0 saturated carbocycles. The van der Waals surface area contributed by atoms with Crippen molar-refractivity contribution in [2.24, 2.45) is 0 Å². The second kappa shape index (κ2) is 10.8. The van der Waals surface area contributed by atoms with Crippen molar-refractivity contribution in [2.45, 2.75) is 0 Å². The first kappa shape index (κ1) is 24.4. The number of nitrogens with zero attached hydrogens (tertiary/aromatic N) is 2. The molecular weight excluding hydrogens is 502 g/mol. The van der Waals surface area contributed by atoms with Crippen LogP contribution in [0.5, 0.6) is 0 Å². The van der Waals surface area contributed by atoms with E-state index in [1.165, 1.54) is 0 Å². The van der Waals surface area contributed by atoms with Gasteiger partial charge in [-0.25, -0.2) is 4.98 Å². The Kier molecular flexibility index (Phi) is 6.44. The predicted molar refractivity (Wildman–Crippen MR) is 170 cm³/mol. The van der Waals surface area contributed by atoms with Gasteiger partial charge < -0.3 is 16.0 Å². The molecule has 7 rings (SSSR count). The van der Waals surface area contributed by atoms with Crippen LogP contribution in [0.1, 0.15) is 0 Å². The van der Waals surface area contributed by atoms with Crippen molar-refractivity contribution in [3.63, 3.8) is 0 Å². The van der Waals surface area contributed by atoms with Crippen molar-refractivity contribution in [3.05, 3.63) is 152 Å². The lowest BCUT2D eigenvalue weighted by Gasteiger charge is -2.16. The normalized spacial score (nSPS) is 10.9. The highest BCUT2D eigenvalue weighted by Gasteiger charge is 2.22. The van der Waals surface area contributed by atoms with Crippen LogP contribution in [0.25, 0.3) is 27.8 Å². The van der Waals surface area contributed by atoms with Crippen LogP contribution in [0.15, 0.2) is 152 Å². The molecule has 0 amide bonds. The lowest BCUT2D eigenvalue weighted by molar-refractivity contribution is -0.538. The zero-order chi connectivity index (χ0) is 27.4. The van der Waals surface area contributed by atoms with Gasteiger partial charge in [0.15, 0.2) is 0 Å². The quantitative estimate of drug-likeness (QED) is 0.142. The van der Waals surface area contributed by atoms with E-state index in [9.17, 15) is 0 Å².